The summed E-state index contributed by atoms with van der Waals surface area (Å²) in [6.07, 6.45) is 0. The lowest BCUT2D eigenvalue weighted by atomic mass is 10.1. The Kier molecular flexibility index (Phi) is 17.4. The molecular formula is C119H80N10. The van der Waals surface area contributed by atoms with Gasteiger partial charge in [0.1, 0.15) is 0 Å². The molecule has 8 aromatic heterocycles. The minimum Gasteiger partial charge on any atom is -0.309 e. The van der Waals surface area contributed by atoms with Crippen molar-refractivity contribution < 1.29 is 0 Å². The highest BCUT2D eigenvalue weighted by atomic mass is 15.0. The van der Waals surface area contributed by atoms with Crippen LogP contribution in [0.2, 0.25) is 0 Å². The Hall–Kier alpha value is -17.1. The molecule has 0 aliphatic heterocycles. The summed E-state index contributed by atoms with van der Waals surface area (Å²) in [5, 5.41) is 14.8. The molecule has 0 unspecified atom stereocenters. The molecule has 26 rings (SSSR count). The molecule has 0 fully saturated rings. The van der Waals surface area contributed by atoms with E-state index in [0.717, 1.165) is 112 Å². The number of benzene rings is 18. The highest BCUT2D eigenvalue weighted by Crippen LogP contribution is 2.45. The van der Waals surface area contributed by atoms with Crippen LogP contribution in [0, 0.1) is 20.8 Å². The van der Waals surface area contributed by atoms with Crippen LogP contribution in [-0.2, 0) is 0 Å². The van der Waals surface area contributed by atoms with Crippen molar-refractivity contribution in [2.75, 3.05) is 0 Å². The first-order valence-corrected chi connectivity index (χ1v) is 44.1. The average molecular weight is 1650 g/mol. The summed E-state index contributed by atoms with van der Waals surface area (Å²) in [6.45, 7) is 6.46. The van der Waals surface area contributed by atoms with E-state index < -0.39 is 0 Å². The maximum Gasteiger partial charge on any atom is 0.160 e. The summed E-state index contributed by atoms with van der Waals surface area (Å²) in [7, 11) is 0. The molecule has 10 nitrogen and oxygen atoms in total. The first-order valence-electron chi connectivity index (χ1n) is 44.1. The van der Waals surface area contributed by atoms with Gasteiger partial charge in [-0.3, -0.25) is 0 Å². The van der Waals surface area contributed by atoms with Gasteiger partial charge in [0.25, 0.3) is 0 Å². The van der Waals surface area contributed by atoms with Crippen molar-refractivity contribution in [2.24, 2.45) is 0 Å². The molecule has 606 valence electrons. The topological polar surface area (TPSA) is 81.1 Å². The third-order valence-corrected chi connectivity index (χ3v) is 26.1. The van der Waals surface area contributed by atoms with Crippen molar-refractivity contribution >= 4 is 131 Å². The van der Waals surface area contributed by atoms with Gasteiger partial charge in [-0.2, -0.15) is 0 Å². The normalized spacial score (nSPS) is 11.8. The van der Waals surface area contributed by atoms with Gasteiger partial charge in [0.15, 0.2) is 11.6 Å². The van der Waals surface area contributed by atoms with Crippen LogP contribution in [0.15, 0.2) is 431 Å². The second-order valence-corrected chi connectivity index (χ2v) is 33.9. The van der Waals surface area contributed by atoms with Crippen molar-refractivity contribution in [1.82, 2.24) is 47.3 Å². The molecule has 129 heavy (non-hydrogen) atoms. The zero-order valence-electron chi connectivity index (χ0n) is 71.0. The third-order valence-electron chi connectivity index (χ3n) is 26.1. The number of fused-ring (bicyclic) bond motifs is 18. The number of nitrogens with zero attached hydrogens (tertiary/aromatic N) is 10. The molecule has 0 bridgehead atoms. The van der Waals surface area contributed by atoms with E-state index in [1.54, 1.807) is 0 Å². The zero-order valence-corrected chi connectivity index (χ0v) is 71.0. The molecule has 8 heterocycles. The molecule has 18 aromatic carbocycles. The Balaban J connectivity index is 0.000000140. The van der Waals surface area contributed by atoms with E-state index in [9.17, 15) is 0 Å². The van der Waals surface area contributed by atoms with Crippen molar-refractivity contribution in [1.29, 1.82) is 0 Å². The first-order chi connectivity index (χ1) is 63.7. The van der Waals surface area contributed by atoms with Gasteiger partial charge < -0.3 is 27.4 Å². The smallest absolute Gasteiger partial charge is 0.160 e. The van der Waals surface area contributed by atoms with E-state index in [2.05, 4.69) is 449 Å². The fourth-order valence-corrected chi connectivity index (χ4v) is 20.1. The lowest BCUT2D eigenvalue weighted by Crippen LogP contribution is -1.98. The molecule has 0 atom stereocenters. The number of hydrogen-bond donors (Lipinski definition) is 0. The van der Waals surface area contributed by atoms with Gasteiger partial charge >= 0.3 is 0 Å². The molecule has 0 N–H and O–H groups in total. The summed E-state index contributed by atoms with van der Waals surface area (Å²) in [5.41, 5.74) is 34.2. The predicted molar refractivity (Wildman–Crippen MR) is 537 cm³/mol. The molecule has 0 saturated heterocycles. The van der Waals surface area contributed by atoms with Gasteiger partial charge in [-0.25, -0.2) is 19.9 Å². The van der Waals surface area contributed by atoms with Crippen LogP contribution in [0.3, 0.4) is 0 Å². The molecule has 10 heteroatoms. The second kappa shape index (κ2) is 30.1. The summed E-state index contributed by atoms with van der Waals surface area (Å²) in [6, 6.07) is 155. The highest BCUT2D eigenvalue weighted by molar-refractivity contribution is 6.17. The summed E-state index contributed by atoms with van der Waals surface area (Å²) < 4.78 is 14.5. The SMILES string of the molecule is Cc1ccc2c(c1)c1cc(C)ccc1n2-c1ccc2c(c1)c1cc(-n3c4ccccc4c4ccccc43)ccc1n2-c1ccc(-c2cc(-c3ccccc3)nc(-c3ccccc3)n2)cc1.Cc1cccc(-c2nc(-c3ccccc3)cc(-c3ccc(-n4c5ccc(-n6c7ccccc7c7ccccc76)cc5c5cc(-n6c7ccccc7c7ccccc76)ccc54)cc3)n2)c1. The zero-order chi connectivity index (χ0) is 85.5. The van der Waals surface area contributed by atoms with Gasteiger partial charge in [-0.15, -0.1) is 0 Å². The number of rotatable bonds is 12. The monoisotopic (exact) mass is 1650 g/mol. The summed E-state index contributed by atoms with van der Waals surface area (Å²) in [4.78, 5) is 20.4. The Labute approximate surface area is 743 Å². The van der Waals surface area contributed by atoms with Crippen LogP contribution in [0.4, 0.5) is 0 Å². The van der Waals surface area contributed by atoms with Crippen molar-refractivity contribution in [3.05, 3.63) is 447 Å². The van der Waals surface area contributed by atoms with Gasteiger partial charge in [0.05, 0.1) is 89.0 Å². The molecular weight excluding hydrogens is 1570 g/mol. The van der Waals surface area contributed by atoms with Crippen LogP contribution in [0.5, 0.6) is 0 Å². The fourth-order valence-electron chi connectivity index (χ4n) is 20.1. The first kappa shape index (κ1) is 74.5. The lowest BCUT2D eigenvalue weighted by molar-refractivity contribution is 1.16. The second-order valence-electron chi connectivity index (χ2n) is 33.9. The number of hydrogen-bond acceptors (Lipinski definition) is 4. The average Bonchev–Trinajstić information content (AvgIpc) is 1.57. The molecule has 0 aliphatic rings. The predicted octanol–water partition coefficient (Wildman–Crippen LogP) is 30.5. The molecule has 0 amide bonds. The van der Waals surface area contributed by atoms with Gasteiger partial charge in [0.2, 0.25) is 0 Å². The van der Waals surface area contributed by atoms with E-state index in [1.807, 2.05) is 30.3 Å². The molecule has 26 aromatic rings. The summed E-state index contributed by atoms with van der Waals surface area (Å²) in [5.74, 6) is 1.42. The largest absolute Gasteiger partial charge is 0.309 e. The minimum atomic E-state index is 0.705. The minimum absolute atomic E-state index is 0.705. The van der Waals surface area contributed by atoms with E-state index in [4.69, 9.17) is 19.9 Å². The van der Waals surface area contributed by atoms with Crippen LogP contribution >= 0.6 is 0 Å². The van der Waals surface area contributed by atoms with E-state index in [1.165, 1.54) is 125 Å². The lowest BCUT2D eigenvalue weighted by Gasteiger charge is -2.12. The number of aryl methyl sites for hydroxylation is 3. The van der Waals surface area contributed by atoms with Crippen molar-refractivity contribution in [3.8, 4) is 102 Å². The molecule has 0 spiro atoms. The van der Waals surface area contributed by atoms with E-state index >= 15 is 0 Å². The van der Waals surface area contributed by atoms with Crippen LogP contribution in [-0.4, -0.2) is 47.3 Å². The van der Waals surface area contributed by atoms with E-state index in [-0.39, 0.29) is 0 Å². The fraction of sp³-hybridized carbons (Fsp3) is 0.0252. The van der Waals surface area contributed by atoms with Gasteiger partial charge in [-0.05, 0) is 197 Å². The number of para-hydroxylation sites is 6. The van der Waals surface area contributed by atoms with Crippen LogP contribution in [0.25, 0.3) is 233 Å². The Morgan fingerprint density at radius 2 is 0.357 bits per heavy atom. The molecule has 0 radical (unpaired) electrons. The van der Waals surface area contributed by atoms with Crippen molar-refractivity contribution in [2.45, 2.75) is 20.8 Å². The molecule has 0 saturated carbocycles. The Bertz CT molecular complexity index is 8570. The third kappa shape index (κ3) is 12.5. The maximum absolute atomic E-state index is 5.16. The summed E-state index contributed by atoms with van der Waals surface area (Å²) >= 11 is 0. The van der Waals surface area contributed by atoms with E-state index in [0.29, 0.717) is 11.6 Å². The van der Waals surface area contributed by atoms with Crippen molar-refractivity contribution in [3.63, 3.8) is 0 Å². The molecule has 0 aliphatic carbocycles. The highest BCUT2D eigenvalue weighted by Gasteiger charge is 2.25. The Morgan fingerprint density at radius 3 is 0.659 bits per heavy atom. The number of aromatic nitrogens is 10. The van der Waals surface area contributed by atoms with Gasteiger partial charge in [0, 0.05) is 132 Å². The van der Waals surface area contributed by atoms with Gasteiger partial charge in [-0.1, -0.05) is 271 Å². The standard InChI is InChI=1S/C60H41N5.C59H39N5/c1-38-21-29-56-48(33-38)49-34-39(2)22-30-57(49)65(56)45-28-32-59-51(36-45)50-35-44(64-54-19-11-9-17-46(54)47-18-10-12-20-55(47)64)27-31-58(50)63(59)43-25-23-41(24-26-43)53-37-52(40-13-5-3-6-14-40)61-60(62-53)42-15-7-4-8-16-42;1-38-14-13-17-41(34-38)59-60-51(39-15-3-2-4-16-39)37-52(61-59)40-26-28-42(29-27-40)62-57-32-30-43(63-53-22-9-5-18-45(53)46-19-6-10-23-54(46)63)35-49(57)50-36-44(31-33-58(50)62)64-55-24-11-7-20-47(55)48-21-8-12-25-56(48)64/h3-37H,1-2H3;2-37H,1H3. The quantitative estimate of drug-likeness (QED) is 0.122. The maximum atomic E-state index is 5.16. The Morgan fingerprint density at radius 1 is 0.140 bits per heavy atom. The van der Waals surface area contributed by atoms with Crippen LogP contribution < -0.4 is 0 Å². The van der Waals surface area contributed by atoms with Crippen LogP contribution in [0.1, 0.15) is 16.7 Å².